The zero-order chi connectivity index (χ0) is 13.3. The highest BCUT2D eigenvalue weighted by Gasteiger charge is 2.46. The lowest BCUT2D eigenvalue weighted by Gasteiger charge is -2.49. The number of aliphatic hydroxyl groups is 1. The van der Waals surface area contributed by atoms with Crippen LogP contribution in [0.3, 0.4) is 0 Å². The van der Waals surface area contributed by atoms with E-state index in [4.69, 9.17) is 5.11 Å². The topological polar surface area (TPSA) is 100 Å². The molecule has 0 saturated heterocycles. The van der Waals surface area contributed by atoms with Gasteiger partial charge in [-0.25, -0.2) is 4.79 Å². The fourth-order valence-electron chi connectivity index (χ4n) is 2.11. The number of nitrogens with zero attached hydrogens (tertiary/aromatic N) is 3. The first-order valence-corrected chi connectivity index (χ1v) is 5.96. The van der Waals surface area contributed by atoms with Gasteiger partial charge in [0.05, 0.1) is 18.8 Å². The van der Waals surface area contributed by atoms with Crippen LogP contribution in [0.15, 0.2) is 6.20 Å². The molecule has 1 heterocycles. The highest BCUT2D eigenvalue weighted by molar-refractivity contribution is 5.84. The molecule has 0 aliphatic heterocycles. The standard InChI is InChI=1S/C11H18N4O3/c1-11(2)8(5-9(11)16)12-3-4-15-6-7(10(17)18)13-14-15/h6,8-9,12,16H,3-5H2,1-2H3,(H,17,18). The maximum absolute atomic E-state index is 10.6. The highest BCUT2D eigenvalue weighted by atomic mass is 16.4. The van der Waals surface area contributed by atoms with Gasteiger partial charge in [0.1, 0.15) is 0 Å². The lowest BCUT2D eigenvalue weighted by atomic mass is 9.64. The van der Waals surface area contributed by atoms with Gasteiger partial charge in [-0.05, 0) is 6.42 Å². The molecule has 3 N–H and O–H groups in total. The van der Waals surface area contributed by atoms with E-state index >= 15 is 0 Å². The minimum absolute atomic E-state index is 0.0469. The Kier molecular flexibility index (Phi) is 3.36. The Labute approximate surface area is 105 Å². The highest BCUT2D eigenvalue weighted by Crippen LogP contribution is 2.40. The van der Waals surface area contributed by atoms with Crippen molar-refractivity contribution in [3.05, 3.63) is 11.9 Å². The zero-order valence-corrected chi connectivity index (χ0v) is 10.5. The van der Waals surface area contributed by atoms with Gasteiger partial charge in [0.15, 0.2) is 5.69 Å². The van der Waals surface area contributed by atoms with Gasteiger partial charge in [-0.15, -0.1) is 5.10 Å². The van der Waals surface area contributed by atoms with Crippen molar-refractivity contribution in [2.24, 2.45) is 5.41 Å². The van der Waals surface area contributed by atoms with Gasteiger partial charge in [0, 0.05) is 18.0 Å². The molecule has 1 aliphatic rings. The van der Waals surface area contributed by atoms with Gasteiger partial charge in [-0.1, -0.05) is 19.1 Å². The summed E-state index contributed by atoms with van der Waals surface area (Å²) in [6, 6.07) is 0.287. The summed E-state index contributed by atoms with van der Waals surface area (Å²) in [5.74, 6) is -1.07. The predicted octanol–water partition coefficient (Wildman–Crippen LogP) is -0.275. The summed E-state index contributed by atoms with van der Waals surface area (Å²) in [5, 5.41) is 28.9. The normalized spacial score (nSPS) is 25.7. The van der Waals surface area contributed by atoms with Gasteiger partial charge in [0.25, 0.3) is 0 Å². The first kappa shape index (κ1) is 13.0. The van der Waals surface area contributed by atoms with Crippen molar-refractivity contribution in [3.63, 3.8) is 0 Å². The van der Waals surface area contributed by atoms with Crippen molar-refractivity contribution in [3.8, 4) is 0 Å². The third-order valence-corrected chi connectivity index (χ3v) is 3.71. The molecule has 0 radical (unpaired) electrons. The molecule has 7 nitrogen and oxygen atoms in total. The fraction of sp³-hybridized carbons (Fsp3) is 0.727. The van der Waals surface area contributed by atoms with Crippen LogP contribution in [0.5, 0.6) is 0 Å². The van der Waals surface area contributed by atoms with Crippen LogP contribution in [0, 0.1) is 5.41 Å². The van der Waals surface area contributed by atoms with Crippen LogP contribution in [-0.4, -0.2) is 49.9 Å². The molecule has 0 bridgehead atoms. The van der Waals surface area contributed by atoms with E-state index in [0.29, 0.717) is 13.1 Å². The van der Waals surface area contributed by atoms with Crippen LogP contribution in [-0.2, 0) is 6.54 Å². The number of carbonyl (C=O) groups is 1. The summed E-state index contributed by atoms with van der Waals surface area (Å²) < 4.78 is 1.50. The Morgan fingerprint density at radius 1 is 1.67 bits per heavy atom. The molecule has 1 aromatic heterocycles. The number of hydrogen-bond acceptors (Lipinski definition) is 5. The first-order chi connectivity index (χ1) is 8.41. The molecule has 1 saturated carbocycles. The summed E-state index contributed by atoms with van der Waals surface area (Å²) in [5.41, 5.74) is -0.149. The van der Waals surface area contributed by atoms with E-state index in [0.717, 1.165) is 6.42 Å². The molecular weight excluding hydrogens is 236 g/mol. The van der Waals surface area contributed by atoms with E-state index in [1.165, 1.54) is 10.9 Å². The Bertz CT molecular complexity index is 443. The molecule has 1 aromatic rings. The number of aliphatic hydroxyl groups excluding tert-OH is 1. The van der Waals surface area contributed by atoms with E-state index in [1.807, 2.05) is 13.8 Å². The van der Waals surface area contributed by atoms with E-state index in [9.17, 15) is 9.90 Å². The van der Waals surface area contributed by atoms with E-state index in [-0.39, 0.29) is 23.3 Å². The number of hydrogen-bond donors (Lipinski definition) is 3. The minimum Gasteiger partial charge on any atom is -0.476 e. The van der Waals surface area contributed by atoms with Gasteiger partial charge in [0.2, 0.25) is 0 Å². The van der Waals surface area contributed by atoms with Crippen LogP contribution in [0.1, 0.15) is 30.8 Å². The van der Waals surface area contributed by atoms with Crippen molar-refractivity contribution in [2.45, 2.75) is 39.0 Å². The third kappa shape index (κ3) is 2.37. The molecule has 0 amide bonds. The number of carboxylic acids is 1. The van der Waals surface area contributed by atoms with Gasteiger partial charge in [-0.2, -0.15) is 0 Å². The van der Waals surface area contributed by atoms with Crippen molar-refractivity contribution in [1.82, 2.24) is 20.3 Å². The number of aromatic carboxylic acids is 1. The molecule has 0 spiro atoms. The van der Waals surface area contributed by atoms with Crippen LogP contribution >= 0.6 is 0 Å². The molecule has 7 heteroatoms. The summed E-state index contributed by atoms with van der Waals surface area (Å²) in [6.45, 7) is 5.28. The molecule has 2 atom stereocenters. The second kappa shape index (κ2) is 4.66. The number of carboxylic acid groups (broad SMARTS) is 1. The average molecular weight is 254 g/mol. The van der Waals surface area contributed by atoms with Crippen molar-refractivity contribution >= 4 is 5.97 Å². The number of aromatic nitrogens is 3. The smallest absolute Gasteiger partial charge is 0.358 e. The van der Waals surface area contributed by atoms with Gasteiger partial charge >= 0.3 is 5.97 Å². The maximum Gasteiger partial charge on any atom is 0.358 e. The lowest BCUT2D eigenvalue weighted by Crippen LogP contribution is -2.60. The molecule has 18 heavy (non-hydrogen) atoms. The quantitative estimate of drug-likeness (QED) is 0.668. The molecular formula is C11H18N4O3. The molecule has 1 fully saturated rings. The van der Waals surface area contributed by atoms with Crippen LogP contribution < -0.4 is 5.32 Å². The summed E-state index contributed by atoms with van der Waals surface area (Å²) in [4.78, 5) is 10.6. The average Bonchev–Trinajstić information content (AvgIpc) is 2.77. The molecule has 1 aliphatic carbocycles. The number of rotatable bonds is 5. The van der Waals surface area contributed by atoms with Crippen molar-refractivity contribution in [2.75, 3.05) is 6.54 Å². The Morgan fingerprint density at radius 2 is 2.39 bits per heavy atom. The molecule has 2 unspecified atom stereocenters. The van der Waals surface area contributed by atoms with E-state index in [1.54, 1.807) is 0 Å². The van der Waals surface area contributed by atoms with E-state index in [2.05, 4.69) is 15.6 Å². The number of nitrogens with one attached hydrogen (secondary N) is 1. The van der Waals surface area contributed by atoms with Crippen molar-refractivity contribution in [1.29, 1.82) is 0 Å². The third-order valence-electron chi connectivity index (χ3n) is 3.71. The Morgan fingerprint density at radius 3 is 2.89 bits per heavy atom. The van der Waals surface area contributed by atoms with Gasteiger partial charge < -0.3 is 15.5 Å². The SMILES string of the molecule is CC1(C)C(O)CC1NCCn1cc(C(=O)O)nn1. The van der Waals surface area contributed by atoms with Crippen molar-refractivity contribution < 1.29 is 15.0 Å². The summed E-state index contributed by atoms with van der Waals surface area (Å²) in [7, 11) is 0. The van der Waals surface area contributed by atoms with E-state index < -0.39 is 5.97 Å². The minimum atomic E-state index is -1.07. The first-order valence-electron chi connectivity index (χ1n) is 5.96. The van der Waals surface area contributed by atoms with Gasteiger partial charge in [-0.3, -0.25) is 4.68 Å². The second-order valence-corrected chi connectivity index (χ2v) is 5.25. The molecule has 0 aromatic carbocycles. The monoisotopic (exact) mass is 254 g/mol. The summed E-state index contributed by atoms with van der Waals surface area (Å²) in [6.07, 6.45) is 1.91. The van der Waals surface area contributed by atoms with Crippen LogP contribution in [0.4, 0.5) is 0 Å². The lowest BCUT2D eigenvalue weighted by molar-refractivity contribution is -0.0724. The Balaban J connectivity index is 1.77. The van der Waals surface area contributed by atoms with Crippen LogP contribution in [0.2, 0.25) is 0 Å². The van der Waals surface area contributed by atoms with Crippen LogP contribution in [0.25, 0.3) is 0 Å². The summed E-state index contributed by atoms with van der Waals surface area (Å²) >= 11 is 0. The maximum atomic E-state index is 10.6. The fourth-order valence-corrected chi connectivity index (χ4v) is 2.11. The Hall–Kier alpha value is -1.47. The zero-order valence-electron chi connectivity index (χ0n) is 10.5. The second-order valence-electron chi connectivity index (χ2n) is 5.25. The largest absolute Gasteiger partial charge is 0.476 e. The molecule has 100 valence electrons. The predicted molar refractivity (Wildman–Crippen MR) is 63.2 cm³/mol. The molecule has 2 rings (SSSR count).